The van der Waals surface area contributed by atoms with E-state index in [0.29, 0.717) is 47.3 Å². The molecule has 5 rings (SSSR count). The topological polar surface area (TPSA) is 114 Å². The summed E-state index contributed by atoms with van der Waals surface area (Å²) < 4.78 is 11.9. The minimum absolute atomic E-state index is 0.0924. The zero-order chi connectivity index (χ0) is 28.6. The van der Waals surface area contributed by atoms with Gasteiger partial charge in [0.05, 0.1) is 6.04 Å². The lowest BCUT2D eigenvalue weighted by atomic mass is 9.97. The summed E-state index contributed by atoms with van der Waals surface area (Å²) in [6.07, 6.45) is 0.0656. The Morgan fingerprint density at radius 1 is 1.07 bits per heavy atom. The molecule has 3 amide bonds. The van der Waals surface area contributed by atoms with E-state index in [1.54, 1.807) is 48.5 Å². The van der Waals surface area contributed by atoms with Crippen LogP contribution in [0.2, 0.25) is 10.0 Å². The zero-order valence-corrected chi connectivity index (χ0v) is 23.7. The molecule has 2 N–H and O–H groups in total. The van der Waals surface area contributed by atoms with Gasteiger partial charge in [0, 0.05) is 29.1 Å². The molecule has 40 heavy (non-hydrogen) atoms. The first-order valence-electron chi connectivity index (χ1n) is 13.3. The van der Waals surface area contributed by atoms with E-state index >= 15 is 0 Å². The van der Waals surface area contributed by atoms with Crippen molar-refractivity contribution in [1.29, 1.82) is 0 Å². The van der Waals surface area contributed by atoms with E-state index in [-0.39, 0.29) is 35.5 Å². The Morgan fingerprint density at radius 2 is 1.65 bits per heavy atom. The molecular weight excluding hydrogens is 557 g/mol. The molecule has 5 atom stereocenters. The summed E-state index contributed by atoms with van der Waals surface area (Å²) in [4.78, 5) is 53.0. The van der Waals surface area contributed by atoms with Crippen molar-refractivity contribution in [2.45, 2.75) is 45.1 Å². The molecule has 0 aromatic heterocycles. The molecule has 9 nitrogen and oxygen atoms in total. The Kier molecular flexibility index (Phi) is 7.97. The molecule has 3 fully saturated rings. The number of hydrogen-bond donors (Lipinski definition) is 2. The van der Waals surface area contributed by atoms with Crippen LogP contribution in [0.5, 0.6) is 11.5 Å². The maximum atomic E-state index is 14.0. The number of benzene rings is 2. The fourth-order valence-electron chi connectivity index (χ4n) is 5.94. The summed E-state index contributed by atoms with van der Waals surface area (Å²) in [5.74, 6) is -0.684. The van der Waals surface area contributed by atoms with E-state index in [0.717, 1.165) is 0 Å². The van der Waals surface area contributed by atoms with Crippen LogP contribution in [0.4, 0.5) is 0 Å². The van der Waals surface area contributed by atoms with Crippen LogP contribution in [0.3, 0.4) is 0 Å². The van der Waals surface area contributed by atoms with Crippen molar-refractivity contribution < 1.29 is 28.7 Å². The van der Waals surface area contributed by atoms with Gasteiger partial charge in [-0.2, -0.15) is 0 Å². The summed E-state index contributed by atoms with van der Waals surface area (Å²) >= 11 is 12.0. The molecule has 2 heterocycles. The third-order valence-corrected chi connectivity index (χ3v) is 8.77. The Labute approximate surface area is 242 Å². The van der Waals surface area contributed by atoms with Crippen molar-refractivity contribution in [3.8, 4) is 11.5 Å². The Morgan fingerprint density at radius 3 is 2.15 bits per heavy atom. The van der Waals surface area contributed by atoms with E-state index in [1.807, 2.05) is 0 Å². The van der Waals surface area contributed by atoms with E-state index in [2.05, 4.69) is 24.5 Å². The van der Waals surface area contributed by atoms with E-state index in [9.17, 15) is 19.2 Å². The third kappa shape index (κ3) is 5.76. The van der Waals surface area contributed by atoms with Crippen molar-refractivity contribution >= 4 is 47.2 Å². The molecule has 0 bridgehead atoms. The minimum atomic E-state index is -1.40. The first kappa shape index (κ1) is 28.2. The van der Waals surface area contributed by atoms with Gasteiger partial charge in [0.15, 0.2) is 0 Å². The van der Waals surface area contributed by atoms with Crippen LogP contribution in [0.25, 0.3) is 0 Å². The molecule has 1 saturated carbocycles. The highest BCUT2D eigenvalue weighted by atomic mass is 35.5. The molecule has 11 heteroatoms. The predicted molar refractivity (Wildman–Crippen MR) is 148 cm³/mol. The van der Waals surface area contributed by atoms with Gasteiger partial charge in [-0.15, -0.1) is 0 Å². The van der Waals surface area contributed by atoms with Crippen molar-refractivity contribution in [2.75, 3.05) is 13.1 Å². The molecule has 212 valence electrons. The lowest BCUT2D eigenvalue weighted by Gasteiger charge is -2.33. The highest BCUT2D eigenvalue weighted by Crippen LogP contribution is 2.65. The summed E-state index contributed by atoms with van der Waals surface area (Å²) in [7, 11) is 0. The number of amides is 3. The predicted octanol–water partition coefficient (Wildman–Crippen LogP) is 3.47. The second-order valence-corrected chi connectivity index (χ2v) is 12.0. The lowest BCUT2D eigenvalue weighted by molar-refractivity contribution is -0.157. The number of aldehydes is 1. The third-order valence-electron chi connectivity index (χ3n) is 8.27. The number of carbonyl (C=O) groups excluding carboxylic acids is 4. The maximum absolute atomic E-state index is 14.0. The van der Waals surface area contributed by atoms with Gasteiger partial charge in [-0.25, -0.2) is 0 Å². The Bertz CT molecular complexity index is 1240. The highest BCUT2D eigenvalue weighted by molar-refractivity contribution is 6.30. The second-order valence-electron chi connectivity index (χ2n) is 11.1. The molecule has 2 aromatic carbocycles. The number of rotatable bonds is 10. The van der Waals surface area contributed by atoms with Gasteiger partial charge in [-0.05, 0) is 78.6 Å². The smallest absolute Gasteiger partial charge is 0.321 e. The minimum Gasteiger partial charge on any atom is -0.446 e. The monoisotopic (exact) mass is 587 g/mol. The maximum Gasteiger partial charge on any atom is 0.321 e. The summed E-state index contributed by atoms with van der Waals surface area (Å²) in [6, 6.07) is 11.4. The Hall–Kier alpha value is -3.30. The van der Waals surface area contributed by atoms with Crippen molar-refractivity contribution in [3.05, 3.63) is 58.6 Å². The SMILES string of the molecule is CC1(C)[C@@H]2[C@@H](C(=O)N[C@H](C=O)C[C@@H]3CCNC3=O)N(C(=O)C(Oc3ccc(Cl)cc3)Oc3ccc(Cl)cc3)C[C@@H]21. The first-order chi connectivity index (χ1) is 19.1. The van der Waals surface area contributed by atoms with Crippen LogP contribution in [0.1, 0.15) is 26.7 Å². The number of fused-ring (bicyclic) bond motifs is 1. The number of ether oxygens (including phenoxy) is 2. The highest BCUT2D eigenvalue weighted by Gasteiger charge is 2.70. The number of carbonyl (C=O) groups is 4. The largest absolute Gasteiger partial charge is 0.446 e. The fourth-order valence-corrected chi connectivity index (χ4v) is 6.19. The standard InChI is InChI=1S/C29H31Cl2N3O6/c1-29(2)22-14-34(24(23(22)29)26(37)33-19(15-35)13-16-11-12-32-25(16)36)27(38)28(39-20-7-3-17(30)4-8-20)40-21-9-5-18(31)6-10-21/h3-10,15-16,19,22-24,28H,11-14H2,1-2H3,(H,32,36)(H,33,37)/t16-,19-,22-,23-,24-/m0/s1. The molecule has 2 aromatic rings. The summed E-state index contributed by atoms with van der Waals surface area (Å²) in [5.41, 5.74) is -0.148. The number of hydrogen-bond acceptors (Lipinski definition) is 6. The van der Waals surface area contributed by atoms with E-state index in [1.165, 1.54) is 4.90 Å². The van der Waals surface area contributed by atoms with Gasteiger partial charge in [0.2, 0.25) is 11.8 Å². The lowest BCUT2D eigenvalue weighted by Crippen LogP contribution is -2.56. The number of nitrogens with zero attached hydrogens (tertiary/aromatic N) is 1. The summed E-state index contributed by atoms with van der Waals surface area (Å²) in [5, 5.41) is 6.56. The van der Waals surface area contributed by atoms with Crippen LogP contribution < -0.4 is 20.1 Å². The normalized spacial score (nSPS) is 25.1. The first-order valence-corrected chi connectivity index (χ1v) is 14.0. The van der Waals surface area contributed by atoms with Gasteiger partial charge in [0.25, 0.3) is 0 Å². The zero-order valence-electron chi connectivity index (χ0n) is 22.1. The van der Waals surface area contributed by atoms with Gasteiger partial charge < -0.3 is 29.8 Å². The van der Waals surface area contributed by atoms with Crippen molar-refractivity contribution in [2.24, 2.45) is 23.2 Å². The average molecular weight is 588 g/mol. The van der Waals surface area contributed by atoms with Crippen LogP contribution in [0.15, 0.2) is 48.5 Å². The quantitative estimate of drug-likeness (QED) is 0.325. The van der Waals surface area contributed by atoms with Gasteiger partial charge in [-0.3, -0.25) is 14.4 Å². The molecule has 0 spiro atoms. The van der Waals surface area contributed by atoms with Crippen LogP contribution in [-0.4, -0.2) is 60.4 Å². The number of piperidine rings is 1. The molecular formula is C29H31Cl2N3O6. The van der Waals surface area contributed by atoms with Crippen LogP contribution >= 0.6 is 23.2 Å². The van der Waals surface area contributed by atoms with Crippen molar-refractivity contribution in [3.63, 3.8) is 0 Å². The molecule has 2 aliphatic heterocycles. The van der Waals surface area contributed by atoms with Crippen molar-refractivity contribution in [1.82, 2.24) is 15.5 Å². The number of nitrogens with one attached hydrogen (secondary N) is 2. The van der Waals surface area contributed by atoms with Gasteiger partial charge in [0.1, 0.15) is 23.8 Å². The average Bonchev–Trinajstić information content (AvgIpc) is 3.27. The second kappa shape index (κ2) is 11.3. The Balaban J connectivity index is 1.37. The fraction of sp³-hybridized carbons (Fsp3) is 0.448. The van der Waals surface area contributed by atoms with Gasteiger partial charge in [-0.1, -0.05) is 37.0 Å². The molecule has 0 radical (unpaired) electrons. The number of likely N-dealkylation sites (tertiary alicyclic amines) is 1. The van der Waals surface area contributed by atoms with E-state index < -0.39 is 30.2 Å². The molecule has 3 aliphatic rings. The number of halogens is 2. The van der Waals surface area contributed by atoms with Crippen LogP contribution in [0, 0.1) is 23.2 Å². The summed E-state index contributed by atoms with van der Waals surface area (Å²) in [6.45, 7) is 5.02. The van der Waals surface area contributed by atoms with Gasteiger partial charge >= 0.3 is 12.2 Å². The molecule has 0 unspecified atom stereocenters. The van der Waals surface area contributed by atoms with E-state index in [4.69, 9.17) is 32.7 Å². The molecule has 2 saturated heterocycles. The molecule has 1 aliphatic carbocycles. The van der Waals surface area contributed by atoms with Crippen LogP contribution in [-0.2, 0) is 19.2 Å².